The van der Waals surface area contributed by atoms with Crippen LogP contribution in [0.4, 0.5) is 4.39 Å². The second-order valence-corrected chi connectivity index (χ2v) is 4.48. The molecule has 0 aliphatic rings. The molecule has 0 aliphatic heterocycles. The van der Waals surface area contributed by atoms with Crippen molar-refractivity contribution in [2.75, 3.05) is 6.61 Å². The normalized spacial score (nSPS) is 9.86. The molecular weight excluding hydrogens is 269 g/mol. The molecule has 4 heteroatoms. The first-order valence-corrected chi connectivity index (χ1v) is 6.63. The van der Waals surface area contributed by atoms with Gasteiger partial charge in [-0.1, -0.05) is 17.9 Å². The standard InChI is InChI=1S/C17H16FNO2/c1-13-5-4-7-15(19-13)12-21-16-9-8-14(17(18)11-16)6-2-3-10-20/h4-5,7-9,11,20H,3,10,12H2,1H3. The third-order valence-corrected chi connectivity index (χ3v) is 2.73. The third-order valence-electron chi connectivity index (χ3n) is 2.73. The molecule has 0 saturated heterocycles. The summed E-state index contributed by atoms with van der Waals surface area (Å²) in [5.41, 5.74) is 2.00. The molecule has 0 amide bonds. The van der Waals surface area contributed by atoms with E-state index in [-0.39, 0.29) is 13.2 Å². The summed E-state index contributed by atoms with van der Waals surface area (Å²) in [7, 11) is 0. The van der Waals surface area contributed by atoms with E-state index in [0.717, 1.165) is 11.4 Å². The number of pyridine rings is 1. The molecular formula is C17H16FNO2. The number of rotatable bonds is 4. The van der Waals surface area contributed by atoms with Gasteiger partial charge in [-0.2, -0.15) is 0 Å². The van der Waals surface area contributed by atoms with Crippen molar-refractivity contribution in [2.24, 2.45) is 0 Å². The highest BCUT2D eigenvalue weighted by atomic mass is 19.1. The summed E-state index contributed by atoms with van der Waals surface area (Å²) in [5.74, 6) is 5.35. The quantitative estimate of drug-likeness (QED) is 0.878. The summed E-state index contributed by atoms with van der Waals surface area (Å²) in [5, 5.41) is 8.63. The van der Waals surface area contributed by atoms with Crippen molar-refractivity contribution in [3.05, 3.63) is 59.2 Å². The fourth-order valence-corrected chi connectivity index (χ4v) is 1.74. The molecule has 1 heterocycles. The lowest BCUT2D eigenvalue weighted by molar-refractivity contribution is 0.299. The van der Waals surface area contributed by atoms with Gasteiger partial charge < -0.3 is 9.84 Å². The van der Waals surface area contributed by atoms with Crippen molar-refractivity contribution in [1.29, 1.82) is 0 Å². The average molecular weight is 285 g/mol. The van der Waals surface area contributed by atoms with Gasteiger partial charge in [0.1, 0.15) is 18.2 Å². The molecule has 1 aromatic carbocycles. The first-order chi connectivity index (χ1) is 10.2. The van der Waals surface area contributed by atoms with Crippen LogP contribution in [0.25, 0.3) is 0 Å². The number of aromatic nitrogens is 1. The lowest BCUT2D eigenvalue weighted by Crippen LogP contribution is -1.99. The lowest BCUT2D eigenvalue weighted by Gasteiger charge is -2.07. The Kier molecular flexibility index (Phi) is 5.30. The summed E-state index contributed by atoms with van der Waals surface area (Å²) in [6.45, 7) is 2.17. The number of ether oxygens (including phenoxy) is 1. The molecule has 0 unspecified atom stereocenters. The Morgan fingerprint density at radius 2 is 2.14 bits per heavy atom. The summed E-state index contributed by atoms with van der Waals surface area (Å²) in [4.78, 5) is 4.31. The molecule has 1 aromatic heterocycles. The maximum Gasteiger partial charge on any atom is 0.142 e. The van der Waals surface area contributed by atoms with Crippen LogP contribution in [0.3, 0.4) is 0 Å². The van der Waals surface area contributed by atoms with Crippen LogP contribution in [0.5, 0.6) is 5.75 Å². The minimum Gasteiger partial charge on any atom is -0.487 e. The topological polar surface area (TPSA) is 42.4 Å². The predicted molar refractivity (Wildman–Crippen MR) is 78.3 cm³/mol. The maximum atomic E-state index is 13.8. The van der Waals surface area contributed by atoms with Crippen molar-refractivity contribution < 1.29 is 14.2 Å². The Hall–Kier alpha value is -2.38. The van der Waals surface area contributed by atoms with Crippen LogP contribution >= 0.6 is 0 Å². The Morgan fingerprint density at radius 1 is 1.29 bits per heavy atom. The van der Waals surface area contributed by atoms with E-state index < -0.39 is 5.82 Å². The highest BCUT2D eigenvalue weighted by Gasteiger charge is 2.03. The van der Waals surface area contributed by atoms with E-state index in [4.69, 9.17) is 9.84 Å². The summed E-state index contributed by atoms with van der Waals surface area (Å²) in [6, 6.07) is 10.2. The SMILES string of the molecule is Cc1cccc(COc2ccc(C#CCCO)c(F)c2)n1. The first kappa shape index (κ1) is 15.0. The lowest BCUT2D eigenvalue weighted by atomic mass is 10.2. The molecule has 0 aliphatic carbocycles. The number of aliphatic hydroxyl groups is 1. The molecule has 108 valence electrons. The molecule has 3 nitrogen and oxygen atoms in total. The van der Waals surface area contributed by atoms with Gasteiger partial charge in [0.15, 0.2) is 0 Å². The second kappa shape index (κ2) is 7.41. The number of benzene rings is 1. The molecule has 0 spiro atoms. The zero-order valence-corrected chi connectivity index (χ0v) is 11.8. The number of halogens is 1. The summed E-state index contributed by atoms with van der Waals surface area (Å²) < 4.78 is 19.3. The largest absolute Gasteiger partial charge is 0.487 e. The third kappa shape index (κ3) is 4.59. The smallest absolute Gasteiger partial charge is 0.142 e. The monoisotopic (exact) mass is 285 g/mol. The molecule has 0 radical (unpaired) electrons. The van der Waals surface area contributed by atoms with Crippen LogP contribution in [-0.4, -0.2) is 16.7 Å². The molecule has 1 N–H and O–H groups in total. The number of nitrogens with zero attached hydrogens (tertiary/aromatic N) is 1. The number of hydrogen-bond acceptors (Lipinski definition) is 3. The Balaban J connectivity index is 2.02. The van der Waals surface area contributed by atoms with E-state index in [1.54, 1.807) is 12.1 Å². The Bertz CT molecular complexity index is 674. The van der Waals surface area contributed by atoms with Gasteiger partial charge in [-0.15, -0.1) is 0 Å². The highest BCUT2D eigenvalue weighted by molar-refractivity contribution is 5.39. The minimum atomic E-state index is -0.435. The van der Waals surface area contributed by atoms with E-state index in [0.29, 0.717) is 17.7 Å². The van der Waals surface area contributed by atoms with Crippen LogP contribution in [-0.2, 0) is 6.61 Å². The van der Waals surface area contributed by atoms with Gasteiger partial charge in [0.25, 0.3) is 0 Å². The average Bonchev–Trinajstić information content (AvgIpc) is 2.47. The maximum absolute atomic E-state index is 13.8. The number of hydrogen-bond donors (Lipinski definition) is 1. The van der Waals surface area contributed by atoms with Crippen molar-refractivity contribution in [3.63, 3.8) is 0 Å². The molecule has 2 rings (SSSR count). The van der Waals surface area contributed by atoms with E-state index in [9.17, 15) is 4.39 Å². The van der Waals surface area contributed by atoms with Gasteiger partial charge in [-0.25, -0.2) is 4.39 Å². The Labute approximate surface area is 123 Å². The predicted octanol–water partition coefficient (Wildman–Crippen LogP) is 2.84. The minimum absolute atomic E-state index is 0.0285. The van der Waals surface area contributed by atoms with Gasteiger partial charge in [-0.3, -0.25) is 4.98 Å². The van der Waals surface area contributed by atoms with Crippen LogP contribution in [0.1, 0.15) is 23.4 Å². The van der Waals surface area contributed by atoms with Crippen LogP contribution in [0.2, 0.25) is 0 Å². The fourth-order valence-electron chi connectivity index (χ4n) is 1.74. The van der Waals surface area contributed by atoms with E-state index in [2.05, 4.69) is 16.8 Å². The highest BCUT2D eigenvalue weighted by Crippen LogP contribution is 2.17. The second-order valence-electron chi connectivity index (χ2n) is 4.48. The molecule has 2 aromatic rings. The molecule has 0 atom stereocenters. The van der Waals surface area contributed by atoms with Crippen LogP contribution < -0.4 is 4.74 Å². The number of aliphatic hydroxyl groups excluding tert-OH is 1. The zero-order valence-electron chi connectivity index (χ0n) is 11.8. The zero-order chi connectivity index (χ0) is 15.1. The number of aryl methyl sites for hydroxylation is 1. The Morgan fingerprint density at radius 3 is 2.86 bits per heavy atom. The molecule has 0 fully saturated rings. The van der Waals surface area contributed by atoms with Crippen LogP contribution in [0, 0.1) is 24.6 Å². The van der Waals surface area contributed by atoms with Gasteiger partial charge in [0.2, 0.25) is 0 Å². The first-order valence-electron chi connectivity index (χ1n) is 6.63. The van der Waals surface area contributed by atoms with Crippen molar-refractivity contribution in [1.82, 2.24) is 4.98 Å². The summed E-state index contributed by atoms with van der Waals surface area (Å²) >= 11 is 0. The van der Waals surface area contributed by atoms with Crippen molar-refractivity contribution >= 4 is 0 Å². The van der Waals surface area contributed by atoms with Crippen molar-refractivity contribution in [3.8, 4) is 17.6 Å². The molecule has 0 bridgehead atoms. The van der Waals surface area contributed by atoms with Gasteiger partial charge >= 0.3 is 0 Å². The van der Waals surface area contributed by atoms with Gasteiger partial charge in [0.05, 0.1) is 17.9 Å². The summed E-state index contributed by atoms with van der Waals surface area (Å²) in [6.07, 6.45) is 0.330. The van der Waals surface area contributed by atoms with E-state index >= 15 is 0 Å². The van der Waals surface area contributed by atoms with E-state index in [1.807, 2.05) is 25.1 Å². The van der Waals surface area contributed by atoms with Gasteiger partial charge in [0, 0.05) is 18.2 Å². The molecule has 21 heavy (non-hydrogen) atoms. The molecule has 0 saturated carbocycles. The van der Waals surface area contributed by atoms with E-state index in [1.165, 1.54) is 6.07 Å². The van der Waals surface area contributed by atoms with Crippen molar-refractivity contribution in [2.45, 2.75) is 20.0 Å². The fraction of sp³-hybridized carbons (Fsp3) is 0.235. The van der Waals surface area contributed by atoms with Gasteiger partial charge in [-0.05, 0) is 31.2 Å². The van der Waals surface area contributed by atoms with Crippen LogP contribution in [0.15, 0.2) is 36.4 Å².